The van der Waals surface area contributed by atoms with Crippen LogP contribution in [0.1, 0.15) is 45.2 Å². The zero-order valence-electron chi connectivity index (χ0n) is 10.4. The van der Waals surface area contributed by atoms with Crippen LogP contribution in [0.5, 0.6) is 0 Å². The molecule has 86 valence electrons. The van der Waals surface area contributed by atoms with Gasteiger partial charge in [0.1, 0.15) is 0 Å². The number of thiophene rings is 2. The highest BCUT2D eigenvalue weighted by Gasteiger charge is 2.19. The Balaban J connectivity index is 0.000000457. The normalized spacial score (nSPS) is 12.5. The minimum absolute atomic E-state index is 1.17. The van der Waals surface area contributed by atoms with Crippen molar-refractivity contribution in [2.45, 2.75) is 40.5 Å². The Morgan fingerprint density at radius 3 is 2.56 bits per heavy atom. The summed E-state index contributed by atoms with van der Waals surface area (Å²) in [4.78, 5) is 4.65. The number of aryl methyl sites for hydroxylation is 2. The van der Waals surface area contributed by atoms with E-state index in [2.05, 4.69) is 25.3 Å². The number of fused-ring (bicyclic) bond motifs is 2. The third-order valence-corrected chi connectivity index (χ3v) is 5.14. The Hall–Kier alpha value is -0.600. The summed E-state index contributed by atoms with van der Waals surface area (Å²) in [6.07, 6.45) is 2.35. The van der Waals surface area contributed by atoms with Crippen LogP contribution in [0.25, 0.3) is 0 Å². The molecule has 0 aliphatic heterocycles. The lowest BCUT2D eigenvalue weighted by atomic mass is 9.96. The van der Waals surface area contributed by atoms with E-state index in [0.717, 1.165) is 0 Å². The highest BCUT2D eigenvalue weighted by Crippen LogP contribution is 2.36. The van der Waals surface area contributed by atoms with Gasteiger partial charge < -0.3 is 0 Å². The predicted molar refractivity (Wildman–Crippen MR) is 75.1 cm³/mol. The largest absolute Gasteiger partial charge is 0.148 e. The average Bonchev–Trinajstić information content (AvgIpc) is 2.81. The van der Waals surface area contributed by atoms with Gasteiger partial charge in [0.05, 0.1) is 0 Å². The van der Waals surface area contributed by atoms with Crippen molar-refractivity contribution in [3.63, 3.8) is 0 Å². The van der Waals surface area contributed by atoms with Crippen LogP contribution >= 0.6 is 22.7 Å². The van der Waals surface area contributed by atoms with Crippen molar-refractivity contribution in [2.75, 3.05) is 0 Å². The minimum atomic E-state index is 1.17. The molecular formula is C14H18S2. The highest BCUT2D eigenvalue weighted by molar-refractivity contribution is 7.12. The average molecular weight is 250 g/mol. The topological polar surface area (TPSA) is 0 Å². The highest BCUT2D eigenvalue weighted by atomic mass is 32.1. The second kappa shape index (κ2) is 4.72. The molecule has 0 aromatic carbocycles. The fraction of sp³-hybridized carbons (Fsp3) is 0.429. The van der Waals surface area contributed by atoms with Crippen LogP contribution in [0.4, 0.5) is 0 Å². The molecule has 0 bridgehead atoms. The molecule has 2 heterocycles. The number of hydrogen-bond acceptors (Lipinski definition) is 2. The number of hydrogen-bond donors (Lipinski definition) is 0. The molecule has 0 fully saturated rings. The fourth-order valence-electron chi connectivity index (χ4n) is 2.16. The minimum Gasteiger partial charge on any atom is -0.148 e. The van der Waals surface area contributed by atoms with E-state index in [-0.39, 0.29) is 0 Å². The molecule has 0 saturated heterocycles. The fourth-order valence-corrected chi connectivity index (χ4v) is 4.30. The van der Waals surface area contributed by atoms with Crippen LogP contribution in [0.2, 0.25) is 0 Å². The molecule has 0 nitrogen and oxygen atoms in total. The van der Waals surface area contributed by atoms with Crippen molar-refractivity contribution in [3.8, 4) is 0 Å². The van der Waals surface area contributed by atoms with Crippen LogP contribution in [-0.4, -0.2) is 0 Å². The number of rotatable bonds is 0. The molecule has 1 aliphatic carbocycles. The first kappa shape index (κ1) is 11.9. The van der Waals surface area contributed by atoms with E-state index in [1.165, 1.54) is 23.3 Å². The summed E-state index contributed by atoms with van der Waals surface area (Å²) in [7, 11) is 0. The van der Waals surface area contributed by atoms with E-state index < -0.39 is 0 Å². The van der Waals surface area contributed by atoms with Gasteiger partial charge in [-0.15, -0.1) is 22.7 Å². The van der Waals surface area contributed by atoms with Gasteiger partial charge in [0.2, 0.25) is 0 Å². The van der Waals surface area contributed by atoms with Crippen molar-refractivity contribution in [3.05, 3.63) is 42.8 Å². The Labute approximate surface area is 106 Å². The van der Waals surface area contributed by atoms with Gasteiger partial charge in [-0.2, -0.15) is 0 Å². The molecule has 3 rings (SSSR count). The molecule has 0 unspecified atom stereocenters. The van der Waals surface area contributed by atoms with Gasteiger partial charge in [-0.1, -0.05) is 13.8 Å². The summed E-state index contributed by atoms with van der Waals surface area (Å²) in [6.45, 7) is 8.45. The first-order valence-electron chi connectivity index (χ1n) is 5.88. The first-order valence-corrected chi connectivity index (χ1v) is 7.57. The molecule has 2 aromatic rings. The van der Waals surface area contributed by atoms with E-state index >= 15 is 0 Å². The van der Waals surface area contributed by atoms with Gasteiger partial charge in [0.15, 0.2) is 0 Å². The zero-order chi connectivity index (χ0) is 11.7. The molecule has 0 saturated carbocycles. The van der Waals surface area contributed by atoms with Crippen molar-refractivity contribution in [1.29, 1.82) is 0 Å². The Bertz CT molecular complexity index is 489. The summed E-state index contributed by atoms with van der Waals surface area (Å²) in [5.41, 5.74) is 4.66. The lowest BCUT2D eigenvalue weighted by Crippen LogP contribution is -2.01. The summed E-state index contributed by atoms with van der Waals surface area (Å²) in [5.74, 6) is 0. The third kappa shape index (κ3) is 1.96. The van der Waals surface area contributed by atoms with Gasteiger partial charge in [0.25, 0.3) is 0 Å². The standard InChI is InChI=1S/C12H12S2.C2H6/c1-7-6-13-12-4-9-3-8(2)14-11(9)5-10(7)12;1-2/h3,6H,4-5H2,1-2H3;1-2H3. The monoisotopic (exact) mass is 250 g/mol. The van der Waals surface area contributed by atoms with Crippen LogP contribution in [0, 0.1) is 13.8 Å². The van der Waals surface area contributed by atoms with E-state index in [0.29, 0.717) is 0 Å². The second-order valence-corrected chi connectivity index (χ2v) is 6.28. The van der Waals surface area contributed by atoms with Crippen molar-refractivity contribution in [1.82, 2.24) is 0 Å². The van der Waals surface area contributed by atoms with Gasteiger partial charge >= 0.3 is 0 Å². The van der Waals surface area contributed by atoms with Crippen molar-refractivity contribution >= 4 is 22.7 Å². The summed E-state index contributed by atoms with van der Waals surface area (Å²) in [5, 5.41) is 2.30. The van der Waals surface area contributed by atoms with E-state index in [1.807, 2.05) is 36.5 Å². The molecule has 0 N–H and O–H groups in total. The smallest absolute Gasteiger partial charge is 0.0128 e. The van der Waals surface area contributed by atoms with E-state index in [4.69, 9.17) is 0 Å². The van der Waals surface area contributed by atoms with Gasteiger partial charge in [-0.05, 0) is 42.0 Å². The van der Waals surface area contributed by atoms with Crippen molar-refractivity contribution in [2.24, 2.45) is 0 Å². The van der Waals surface area contributed by atoms with Crippen LogP contribution in [0.3, 0.4) is 0 Å². The molecule has 2 aromatic heterocycles. The van der Waals surface area contributed by atoms with Gasteiger partial charge in [0, 0.05) is 27.5 Å². The van der Waals surface area contributed by atoms with Gasteiger partial charge in [-0.3, -0.25) is 0 Å². The first-order chi connectivity index (χ1) is 7.74. The van der Waals surface area contributed by atoms with Crippen LogP contribution in [-0.2, 0) is 12.8 Å². The lowest BCUT2D eigenvalue weighted by molar-refractivity contribution is 1.05. The summed E-state index contributed by atoms with van der Waals surface area (Å²) < 4.78 is 0. The quantitative estimate of drug-likeness (QED) is 0.529. The van der Waals surface area contributed by atoms with Crippen LogP contribution < -0.4 is 0 Å². The van der Waals surface area contributed by atoms with E-state index in [1.54, 1.807) is 20.9 Å². The molecule has 2 heteroatoms. The molecule has 1 aliphatic rings. The summed E-state index contributed by atoms with van der Waals surface area (Å²) in [6, 6.07) is 2.36. The molecule has 0 spiro atoms. The van der Waals surface area contributed by atoms with Crippen molar-refractivity contribution < 1.29 is 0 Å². The Morgan fingerprint density at radius 1 is 1.06 bits per heavy atom. The van der Waals surface area contributed by atoms with E-state index in [9.17, 15) is 0 Å². The molecular weight excluding hydrogens is 232 g/mol. The maximum absolute atomic E-state index is 2.36. The maximum Gasteiger partial charge on any atom is 0.0128 e. The Kier molecular flexibility index (Phi) is 3.50. The molecule has 0 amide bonds. The Morgan fingerprint density at radius 2 is 1.81 bits per heavy atom. The molecule has 0 atom stereocenters. The third-order valence-electron chi connectivity index (χ3n) is 2.90. The van der Waals surface area contributed by atoms with Gasteiger partial charge in [-0.25, -0.2) is 0 Å². The predicted octanol–water partition coefficient (Wildman–Crippen LogP) is 4.95. The molecule has 16 heavy (non-hydrogen) atoms. The summed E-state index contributed by atoms with van der Waals surface area (Å²) >= 11 is 3.90. The second-order valence-electron chi connectivity index (χ2n) is 3.98. The zero-order valence-corrected chi connectivity index (χ0v) is 12.0. The lowest BCUT2D eigenvalue weighted by Gasteiger charge is -2.12. The maximum atomic E-state index is 2.36. The van der Waals surface area contributed by atoms with Crippen LogP contribution in [0.15, 0.2) is 11.4 Å². The SMILES string of the molecule is CC.Cc1cc2c(s1)Cc1c(C)csc1C2. The molecule has 0 radical (unpaired) electrons.